The SMILES string of the molecule is COc1cc2c(cc1OC)[C@@H](CC(=O)O)N(C(=O)c1cc(C)no1)CC2. The summed E-state index contributed by atoms with van der Waals surface area (Å²) in [5, 5.41) is 13.1. The second-order valence-corrected chi connectivity index (χ2v) is 6.10. The lowest BCUT2D eigenvalue weighted by atomic mass is 9.89. The number of nitrogens with zero attached hydrogens (tertiary/aromatic N) is 2. The number of methoxy groups -OCH3 is 2. The van der Waals surface area contributed by atoms with Crippen LogP contribution in [0, 0.1) is 6.92 Å². The maximum Gasteiger partial charge on any atom is 0.305 e. The maximum atomic E-state index is 12.8. The number of hydrogen-bond acceptors (Lipinski definition) is 6. The summed E-state index contributed by atoms with van der Waals surface area (Å²) in [5.41, 5.74) is 2.26. The second-order valence-electron chi connectivity index (χ2n) is 6.10. The van der Waals surface area contributed by atoms with Gasteiger partial charge in [0.15, 0.2) is 11.5 Å². The van der Waals surface area contributed by atoms with Crippen LogP contribution in [0.15, 0.2) is 22.7 Å². The van der Waals surface area contributed by atoms with Crippen LogP contribution >= 0.6 is 0 Å². The van der Waals surface area contributed by atoms with Crippen LogP contribution in [0.25, 0.3) is 0 Å². The lowest BCUT2D eigenvalue weighted by Gasteiger charge is -2.36. The zero-order valence-corrected chi connectivity index (χ0v) is 14.8. The molecule has 0 bridgehead atoms. The smallest absolute Gasteiger partial charge is 0.305 e. The van der Waals surface area contributed by atoms with Gasteiger partial charge in [-0.05, 0) is 36.6 Å². The van der Waals surface area contributed by atoms with Crippen molar-refractivity contribution in [3.05, 3.63) is 40.8 Å². The highest BCUT2D eigenvalue weighted by Gasteiger charge is 2.35. The van der Waals surface area contributed by atoms with Gasteiger partial charge in [-0.25, -0.2) is 0 Å². The van der Waals surface area contributed by atoms with E-state index in [1.54, 1.807) is 26.2 Å². The van der Waals surface area contributed by atoms with Crippen LogP contribution in [0.1, 0.15) is 39.8 Å². The van der Waals surface area contributed by atoms with Crippen LogP contribution < -0.4 is 9.47 Å². The zero-order valence-electron chi connectivity index (χ0n) is 14.8. The third-order valence-corrected chi connectivity index (χ3v) is 4.47. The molecule has 0 unspecified atom stereocenters. The van der Waals surface area contributed by atoms with Crippen molar-refractivity contribution in [3.63, 3.8) is 0 Å². The molecule has 1 amide bonds. The number of carbonyl (C=O) groups is 2. The van der Waals surface area contributed by atoms with Crippen LogP contribution in [0.5, 0.6) is 11.5 Å². The highest BCUT2D eigenvalue weighted by atomic mass is 16.5. The number of hydrogen-bond donors (Lipinski definition) is 1. The molecule has 1 atom stereocenters. The number of fused-ring (bicyclic) bond motifs is 1. The molecular formula is C18H20N2O6. The quantitative estimate of drug-likeness (QED) is 0.872. The summed E-state index contributed by atoms with van der Waals surface area (Å²) in [6.07, 6.45) is 0.353. The highest BCUT2D eigenvalue weighted by molar-refractivity contribution is 5.92. The van der Waals surface area contributed by atoms with Crippen molar-refractivity contribution in [1.29, 1.82) is 0 Å². The molecule has 3 rings (SSSR count). The minimum atomic E-state index is -0.996. The largest absolute Gasteiger partial charge is 0.493 e. The minimum absolute atomic E-state index is 0.0989. The molecule has 1 aliphatic rings. The van der Waals surface area contributed by atoms with Gasteiger partial charge < -0.3 is 24.0 Å². The predicted molar refractivity (Wildman–Crippen MR) is 90.5 cm³/mol. The van der Waals surface area contributed by atoms with Crippen molar-refractivity contribution in [2.45, 2.75) is 25.8 Å². The fourth-order valence-corrected chi connectivity index (χ4v) is 3.26. The monoisotopic (exact) mass is 360 g/mol. The molecule has 0 saturated carbocycles. The van der Waals surface area contributed by atoms with Crippen LogP contribution in [-0.2, 0) is 11.2 Å². The average molecular weight is 360 g/mol. The summed E-state index contributed by atoms with van der Waals surface area (Å²) in [6, 6.07) is 4.49. The molecule has 0 fully saturated rings. The van der Waals surface area contributed by atoms with Crippen LogP contribution in [0.2, 0.25) is 0 Å². The molecule has 2 aromatic rings. The molecule has 1 aromatic heterocycles. The molecule has 1 aliphatic heterocycles. The Morgan fingerprint density at radius 1 is 1.27 bits per heavy atom. The Balaban J connectivity index is 2.03. The molecule has 1 aromatic carbocycles. The average Bonchev–Trinajstić information content (AvgIpc) is 3.06. The summed E-state index contributed by atoms with van der Waals surface area (Å²) in [4.78, 5) is 25.8. The van der Waals surface area contributed by atoms with E-state index in [9.17, 15) is 14.7 Å². The number of benzene rings is 1. The second kappa shape index (κ2) is 7.07. The third-order valence-electron chi connectivity index (χ3n) is 4.47. The normalized spacial score (nSPS) is 16.1. The van der Waals surface area contributed by atoms with Crippen molar-refractivity contribution in [2.24, 2.45) is 0 Å². The Kier molecular flexibility index (Phi) is 4.83. The van der Waals surface area contributed by atoms with Gasteiger partial charge in [0.05, 0.1) is 32.4 Å². The molecule has 0 aliphatic carbocycles. The first-order valence-electron chi connectivity index (χ1n) is 8.15. The van der Waals surface area contributed by atoms with E-state index >= 15 is 0 Å². The summed E-state index contributed by atoms with van der Waals surface area (Å²) in [6.45, 7) is 2.09. The van der Waals surface area contributed by atoms with E-state index in [1.165, 1.54) is 12.0 Å². The number of rotatable bonds is 5. The molecule has 8 nitrogen and oxygen atoms in total. The fraction of sp³-hybridized carbons (Fsp3) is 0.389. The standard InChI is InChI=1S/C18H20N2O6/c1-10-6-16(26-19-10)18(23)20-5-4-11-7-14(24-2)15(25-3)8-12(11)13(20)9-17(21)22/h6-8,13H,4-5,9H2,1-3H3,(H,21,22)/t13-/m1/s1. The Labute approximate surface area is 150 Å². The van der Waals surface area contributed by atoms with E-state index in [0.29, 0.717) is 30.2 Å². The van der Waals surface area contributed by atoms with Crippen molar-refractivity contribution >= 4 is 11.9 Å². The molecule has 8 heteroatoms. The van der Waals surface area contributed by atoms with Crippen molar-refractivity contribution in [2.75, 3.05) is 20.8 Å². The summed E-state index contributed by atoms with van der Waals surface area (Å²) in [5.74, 6) is -0.208. The Morgan fingerprint density at radius 2 is 1.96 bits per heavy atom. The number of carboxylic acids is 1. The molecule has 2 heterocycles. The van der Waals surface area contributed by atoms with Gasteiger partial charge in [-0.15, -0.1) is 0 Å². The Bertz CT molecular complexity index is 844. The molecule has 0 saturated heterocycles. The van der Waals surface area contributed by atoms with Gasteiger partial charge in [0, 0.05) is 12.6 Å². The van der Waals surface area contributed by atoms with Crippen molar-refractivity contribution in [3.8, 4) is 11.5 Å². The van der Waals surface area contributed by atoms with E-state index in [1.807, 2.05) is 6.07 Å². The third kappa shape index (κ3) is 3.22. The molecule has 138 valence electrons. The van der Waals surface area contributed by atoms with Gasteiger partial charge in [-0.1, -0.05) is 5.16 Å². The van der Waals surface area contributed by atoms with E-state index in [4.69, 9.17) is 14.0 Å². The number of ether oxygens (including phenoxy) is 2. The van der Waals surface area contributed by atoms with Gasteiger partial charge in [0.1, 0.15) is 0 Å². The van der Waals surface area contributed by atoms with E-state index < -0.39 is 12.0 Å². The minimum Gasteiger partial charge on any atom is -0.493 e. The van der Waals surface area contributed by atoms with E-state index in [-0.39, 0.29) is 18.1 Å². The molecular weight excluding hydrogens is 340 g/mol. The van der Waals surface area contributed by atoms with Crippen molar-refractivity contribution in [1.82, 2.24) is 10.1 Å². The van der Waals surface area contributed by atoms with E-state index in [0.717, 1.165) is 11.1 Å². The number of carbonyl (C=O) groups excluding carboxylic acids is 1. The van der Waals surface area contributed by atoms with Gasteiger partial charge in [-0.2, -0.15) is 0 Å². The zero-order chi connectivity index (χ0) is 18.8. The maximum absolute atomic E-state index is 12.8. The number of aryl methyl sites for hydroxylation is 1. The lowest BCUT2D eigenvalue weighted by molar-refractivity contribution is -0.138. The first-order valence-corrected chi connectivity index (χ1v) is 8.15. The van der Waals surface area contributed by atoms with Gasteiger partial charge in [-0.3, -0.25) is 9.59 Å². The van der Waals surface area contributed by atoms with Crippen LogP contribution in [0.3, 0.4) is 0 Å². The van der Waals surface area contributed by atoms with Crippen molar-refractivity contribution < 1.29 is 28.7 Å². The highest BCUT2D eigenvalue weighted by Crippen LogP contribution is 2.40. The summed E-state index contributed by atoms with van der Waals surface area (Å²) in [7, 11) is 3.06. The summed E-state index contributed by atoms with van der Waals surface area (Å²) >= 11 is 0. The van der Waals surface area contributed by atoms with Crippen LogP contribution in [-0.4, -0.2) is 47.8 Å². The number of aliphatic carboxylic acids is 1. The Hall–Kier alpha value is -3.03. The topological polar surface area (TPSA) is 102 Å². The molecule has 1 N–H and O–H groups in total. The lowest BCUT2D eigenvalue weighted by Crippen LogP contribution is -2.41. The molecule has 0 spiro atoms. The molecule has 0 radical (unpaired) electrons. The van der Waals surface area contributed by atoms with Gasteiger partial charge in [0.25, 0.3) is 5.91 Å². The van der Waals surface area contributed by atoms with E-state index in [2.05, 4.69) is 5.16 Å². The van der Waals surface area contributed by atoms with Gasteiger partial charge >= 0.3 is 5.97 Å². The number of carboxylic acid groups (broad SMARTS) is 1. The number of amides is 1. The van der Waals surface area contributed by atoms with Gasteiger partial charge in [0.2, 0.25) is 5.76 Å². The molecule has 26 heavy (non-hydrogen) atoms. The predicted octanol–water partition coefficient (Wildman–Crippen LogP) is 2.21. The summed E-state index contributed by atoms with van der Waals surface area (Å²) < 4.78 is 15.7. The Morgan fingerprint density at radius 3 is 2.54 bits per heavy atom. The number of aromatic nitrogens is 1. The first-order chi connectivity index (χ1) is 12.4. The fourth-order valence-electron chi connectivity index (χ4n) is 3.26. The first kappa shape index (κ1) is 17.8. The van der Waals surface area contributed by atoms with Crippen LogP contribution in [0.4, 0.5) is 0 Å².